The molecule has 0 aliphatic heterocycles. The predicted molar refractivity (Wildman–Crippen MR) is 93.9 cm³/mol. The van der Waals surface area contributed by atoms with Gasteiger partial charge < -0.3 is 19.9 Å². The number of methoxy groups -OCH3 is 3. The highest BCUT2D eigenvalue weighted by molar-refractivity contribution is 5.90. The van der Waals surface area contributed by atoms with E-state index in [0.717, 1.165) is 11.1 Å². The lowest BCUT2D eigenvalue weighted by molar-refractivity contribution is 0.324. The Kier molecular flexibility index (Phi) is 5.83. The van der Waals surface area contributed by atoms with Crippen molar-refractivity contribution in [3.05, 3.63) is 53.1 Å². The van der Waals surface area contributed by atoms with Crippen molar-refractivity contribution in [2.75, 3.05) is 21.3 Å². The second-order valence-electron chi connectivity index (χ2n) is 5.03. The molecule has 0 amide bonds. The lowest BCUT2D eigenvalue weighted by Crippen LogP contribution is -1.97. The van der Waals surface area contributed by atoms with Gasteiger partial charge in [-0.05, 0) is 34.9 Å². The van der Waals surface area contributed by atoms with Crippen LogP contribution in [0.15, 0.2) is 36.4 Å². The molecular formula is C19H20N2O3. The monoisotopic (exact) mass is 324 g/mol. The van der Waals surface area contributed by atoms with Gasteiger partial charge in [-0.3, -0.25) is 0 Å². The summed E-state index contributed by atoms with van der Waals surface area (Å²) in [5, 5.41) is 9.54. The molecule has 0 fully saturated rings. The molecule has 0 radical (unpaired) electrons. The van der Waals surface area contributed by atoms with Crippen molar-refractivity contribution >= 4 is 11.6 Å². The highest BCUT2D eigenvalue weighted by atomic mass is 16.5. The van der Waals surface area contributed by atoms with E-state index >= 15 is 0 Å². The fraction of sp³-hybridized carbons (Fsp3) is 0.211. The zero-order chi connectivity index (χ0) is 17.5. The number of hydrogen-bond donors (Lipinski definition) is 1. The van der Waals surface area contributed by atoms with E-state index in [0.29, 0.717) is 34.9 Å². The van der Waals surface area contributed by atoms with E-state index in [4.69, 9.17) is 19.9 Å². The van der Waals surface area contributed by atoms with Crippen LogP contribution in [0.2, 0.25) is 0 Å². The third-order valence-corrected chi connectivity index (χ3v) is 3.62. The highest BCUT2D eigenvalue weighted by Crippen LogP contribution is 2.40. The van der Waals surface area contributed by atoms with Crippen molar-refractivity contribution in [2.45, 2.75) is 6.54 Å². The molecule has 2 aromatic carbocycles. The lowest BCUT2D eigenvalue weighted by Gasteiger charge is -2.13. The second kappa shape index (κ2) is 8.04. The second-order valence-corrected chi connectivity index (χ2v) is 5.03. The summed E-state index contributed by atoms with van der Waals surface area (Å²) in [7, 11) is 4.63. The topological polar surface area (TPSA) is 77.5 Å². The zero-order valence-electron chi connectivity index (χ0n) is 14.0. The normalized spacial score (nSPS) is 10.9. The Hall–Kier alpha value is -2.97. The van der Waals surface area contributed by atoms with Crippen molar-refractivity contribution in [1.29, 1.82) is 5.26 Å². The van der Waals surface area contributed by atoms with E-state index in [1.54, 1.807) is 39.5 Å². The summed E-state index contributed by atoms with van der Waals surface area (Å²) in [5.74, 6) is 1.51. The molecule has 0 saturated heterocycles. The van der Waals surface area contributed by atoms with Crippen LogP contribution in [0.3, 0.4) is 0 Å². The number of nitriles is 1. The molecule has 24 heavy (non-hydrogen) atoms. The van der Waals surface area contributed by atoms with Gasteiger partial charge in [-0.15, -0.1) is 0 Å². The number of hydrogen-bond acceptors (Lipinski definition) is 5. The predicted octanol–water partition coefficient (Wildman–Crippen LogP) is 3.24. The standard InChI is InChI=1S/C19H20N2O3/c1-22-17-9-15(10-18(23-2)19(17)24-3)16(12-21)8-13-4-6-14(11-20)7-5-13/h4-10H,11,20H2,1-3H3/b16-8+. The number of benzene rings is 2. The van der Waals surface area contributed by atoms with Gasteiger partial charge in [0.2, 0.25) is 5.75 Å². The lowest BCUT2D eigenvalue weighted by atomic mass is 10.0. The SMILES string of the molecule is COc1cc(/C(C#N)=C/c2ccc(CN)cc2)cc(OC)c1OC. The summed E-state index contributed by atoms with van der Waals surface area (Å²) in [6, 6.07) is 13.5. The third kappa shape index (κ3) is 3.67. The van der Waals surface area contributed by atoms with Crippen molar-refractivity contribution < 1.29 is 14.2 Å². The van der Waals surface area contributed by atoms with E-state index in [1.165, 1.54) is 0 Å². The molecule has 124 valence electrons. The summed E-state index contributed by atoms with van der Waals surface area (Å²) in [4.78, 5) is 0. The van der Waals surface area contributed by atoms with Gasteiger partial charge >= 0.3 is 0 Å². The smallest absolute Gasteiger partial charge is 0.203 e. The van der Waals surface area contributed by atoms with E-state index < -0.39 is 0 Å². The van der Waals surface area contributed by atoms with Crippen LogP contribution in [0, 0.1) is 11.3 Å². The molecule has 0 saturated carbocycles. The average Bonchev–Trinajstić information content (AvgIpc) is 2.65. The largest absolute Gasteiger partial charge is 0.493 e. The summed E-state index contributed by atoms with van der Waals surface area (Å²) < 4.78 is 16.0. The Labute approximate surface area is 141 Å². The molecule has 2 rings (SSSR count). The van der Waals surface area contributed by atoms with Crippen molar-refractivity contribution in [2.24, 2.45) is 5.73 Å². The van der Waals surface area contributed by atoms with Crippen LogP contribution >= 0.6 is 0 Å². The molecule has 0 aliphatic carbocycles. The molecule has 0 aromatic heterocycles. The molecular weight excluding hydrogens is 304 g/mol. The maximum atomic E-state index is 9.54. The number of nitrogens with zero attached hydrogens (tertiary/aromatic N) is 1. The van der Waals surface area contributed by atoms with Gasteiger partial charge in [-0.2, -0.15) is 5.26 Å². The number of nitrogens with two attached hydrogens (primary N) is 1. The maximum absolute atomic E-state index is 9.54. The Balaban J connectivity index is 2.50. The summed E-state index contributed by atoms with van der Waals surface area (Å²) >= 11 is 0. The molecule has 5 nitrogen and oxygen atoms in total. The Morgan fingerprint density at radius 1 is 1.04 bits per heavy atom. The average molecular weight is 324 g/mol. The third-order valence-electron chi connectivity index (χ3n) is 3.62. The molecule has 0 aliphatic rings. The summed E-state index contributed by atoms with van der Waals surface area (Å²) in [6.45, 7) is 0.488. The van der Waals surface area contributed by atoms with Gasteiger partial charge in [-0.1, -0.05) is 24.3 Å². The van der Waals surface area contributed by atoms with Crippen LogP contribution in [-0.4, -0.2) is 21.3 Å². The van der Waals surface area contributed by atoms with Crippen molar-refractivity contribution in [3.8, 4) is 23.3 Å². The zero-order valence-corrected chi connectivity index (χ0v) is 14.0. The maximum Gasteiger partial charge on any atom is 0.203 e. The fourth-order valence-corrected chi connectivity index (χ4v) is 2.33. The van der Waals surface area contributed by atoms with E-state index in [1.807, 2.05) is 24.3 Å². The Bertz CT molecular complexity index is 749. The highest BCUT2D eigenvalue weighted by Gasteiger charge is 2.15. The molecule has 0 unspecified atom stereocenters. The number of rotatable bonds is 6. The minimum Gasteiger partial charge on any atom is -0.493 e. The van der Waals surface area contributed by atoms with Gasteiger partial charge in [0.25, 0.3) is 0 Å². The van der Waals surface area contributed by atoms with Gasteiger partial charge in [0.15, 0.2) is 11.5 Å². The Morgan fingerprint density at radius 2 is 1.62 bits per heavy atom. The van der Waals surface area contributed by atoms with E-state index in [-0.39, 0.29) is 0 Å². The number of ether oxygens (including phenoxy) is 3. The first-order valence-corrected chi connectivity index (χ1v) is 7.38. The van der Waals surface area contributed by atoms with Gasteiger partial charge in [0.05, 0.1) is 33.0 Å². The first kappa shape index (κ1) is 17.4. The molecule has 0 bridgehead atoms. The van der Waals surface area contributed by atoms with Crippen LogP contribution < -0.4 is 19.9 Å². The van der Waals surface area contributed by atoms with Gasteiger partial charge in [0, 0.05) is 6.54 Å². The molecule has 2 N–H and O–H groups in total. The molecule has 5 heteroatoms. The summed E-state index contributed by atoms with van der Waals surface area (Å²) in [6.07, 6.45) is 1.81. The van der Waals surface area contributed by atoms with Crippen LogP contribution in [0.4, 0.5) is 0 Å². The summed E-state index contributed by atoms with van der Waals surface area (Å²) in [5.41, 5.74) is 8.74. The van der Waals surface area contributed by atoms with Crippen LogP contribution in [0.5, 0.6) is 17.2 Å². The quantitative estimate of drug-likeness (QED) is 0.652. The van der Waals surface area contributed by atoms with Gasteiger partial charge in [0.1, 0.15) is 0 Å². The first-order chi connectivity index (χ1) is 11.7. The minimum absolute atomic E-state index is 0.488. The Morgan fingerprint density at radius 3 is 2.04 bits per heavy atom. The van der Waals surface area contributed by atoms with E-state index in [2.05, 4.69) is 6.07 Å². The van der Waals surface area contributed by atoms with E-state index in [9.17, 15) is 5.26 Å². The molecule has 0 spiro atoms. The van der Waals surface area contributed by atoms with Crippen LogP contribution in [-0.2, 0) is 6.54 Å². The van der Waals surface area contributed by atoms with Crippen LogP contribution in [0.25, 0.3) is 11.6 Å². The van der Waals surface area contributed by atoms with Crippen molar-refractivity contribution in [3.63, 3.8) is 0 Å². The van der Waals surface area contributed by atoms with Gasteiger partial charge in [-0.25, -0.2) is 0 Å². The first-order valence-electron chi connectivity index (χ1n) is 7.38. The van der Waals surface area contributed by atoms with Crippen LogP contribution in [0.1, 0.15) is 16.7 Å². The molecule has 2 aromatic rings. The molecule has 0 atom stereocenters. The number of allylic oxidation sites excluding steroid dienone is 1. The van der Waals surface area contributed by atoms with Crippen molar-refractivity contribution in [1.82, 2.24) is 0 Å². The minimum atomic E-state index is 0.488. The molecule has 0 heterocycles. The fourth-order valence-electron chi connectivity index (χ4n) is 2.33.